The van der Waals surface area contributed by atoms with E-state index in [0.29, 0.717) is 4.47 Å². The van der Waals surface area contributed by atoms with Crippen LogP contribution in [-0.4, -0.2) is 12.1 Å². The van der Waals surface area contributed by atoms with Crippen molar-refractivity contribution >= 4 is 21.9 Å². The van der Waals surface area contributed by atoms with Crippen molar-refractivity contribution in [3.8, 4) is 0 Å². The first-order valence-corrected chi connectivity index (χ1v) is 4.37. The van der Waals surface area contributed by atoms with Gasteiger partial charge in [-0.25, -0.2) is 4.79 Å². The van der Waals surface area contributed by atoms with Crippen LogP contribution < -0.4 is 5.73 Å². The molecule has 1 atom stereocenters. The van der Waals surface area contributed by atoms with Crippen LogP contribution in [-0.2, 0) is 9.53 Å². The summed E-state index contributed by atoms with van der Waals surface area (Å²) in [5, 5.41) is 0. The molecular formula is C7H5BrF3NO3. The number of alkyl halides is 3. The molecule has 1 unspecified atom stereocenters. The van der Waals surface area contributed by atoms with Gasteiger partial charge in [0, 0.05) is 0 Å². The van der Waals surface area contributed by atoms with Crippen LogP contribution in [0.2, 0.25) is 0 Å². The number of hydrogen-bond donors (Lipinski definition) is 1. The first-order chi connectivity index (χ1) is 6.80. The fourth-order valence-corrected chi connectivity index (χ4v) is 1.04. The molecule has 0 aliphatic carbocycles. The van der Waals surface area contributed by atoms with Crippen molar-refractivity contribution in [2.45, 2.75) is 12.4 Å². The molecule has 0 aromatic carbocycles. The molecule has 8 heteroatoms. The van der Waals surface area contributed by atoms with Crippen LogP contribution in [0.15, 0.2) is 21.2 Å². The maximum Gasteiger partial charge on any atom is 0.490 e. The van der Waals surface area contributed by atoms with E-state index in [1.165, 1.54) is 12.3 Å². The van der Waals surface area contributed by atoms with Gasteiger partial charge in [0.25, 0.3) is 0 Å². The Morgan fingerprint density at radius 2 is 2.20 bits per heavy atom. The topological polar surface area (TPSA) is 65.5 Å². The minimum absolute atomic E-state index is 0.0838. The summed E-state index contributed by atoms with van der Waals surface area (Å²) < 4.78 is 44.4. The van der Waals surface area contributed by atoms with E-state index >= 15 is 0 Å². The average molecular weight is 288 g/mol. The van der Waals surface area contributed by atoms with Crippen LogP contribution in [0.25, 0.3) is 0 Å². The van der Waals surface area contributed by atoms with E-state index in [-0.39, 0.29) is 5.76 Å². The number of rotatable bonds is 2. The van der Waals surface area contributed by atoms with Gasteiger partial charge in [0.05, 0.1) is 4.47 Å². The molecule has 4 nitrogen and oxygen atoms in total. The molecule has 0 saturated carbocycles. The Morgan fingerprint density at radius 3 is 2.60 bits per heavy atom. The second-order valence-electron chi connectivity index (χ2n) is 2.49. The summed E-state index contributed by atoms with van der Waals surface area (Å²) in [5.41, 5.74) is 5.15. The third-order valence-electron chi connectivity index (χ3n) is 1.33. The van der Waals surface area contributed by atoms with Gasteiger partial charge in [0.2, 0.25) is 6.23 Å². The van der Waals surface area contributed by atoms with Gasteiger partial charge in [-0.3, -0.25) is 5.73 Å². The van der Waals surface area contributed by atoms with Crippen LogP contribution in [0.1, 0.15) is 12.0 Å². The fraction of sp³-hybridized carbons (Fsp3) is 0.286. The summed E-state index contributed by atoms with van der Waals surface area (Å²) in [7, 11) is 0. The monoisotopic (exact) mass is 287 g/mol. The molecule has 0 fully saturated rings. The van der Waals surface area contributed by atoms with Gasteiger partial charge in [0.1, 0.15) is 6.26 Å². The summed E-state index contributed by atoms with van der Waals surface area (Å²) in [4.78, 5) is 10.4. The minimum Gasteiger partial charge on any atom is -0.463 e. The molecule has 1 rings (SSSR count). The van der Waals surface area contributed by atoms with E-state index in [4.69, 9.17) is 10.2 Å². The van der Waals surface area contributed by atoms with Crippen molar-refractivity contribution in [3.05, 3.63) is 22.6 Å². The normalized spacial score (nSPS) is 13.7. The van der Waals surface area contributed by atoms with Crippen LogP contribution >= 0.6 is 15.9 Å². The zero-order valence-electron chi connectivity index (χ0n) is 7.05. The van der Waals surface area contributed by atoms with Crippen LogP contribution in [0.4, 0.5) is 13.2 Å². The number of hydrogen-bond acceptors (Lipinski definition) is 4. The first-order valence-electron chi connectivity index (χ1n) is 3.58. The van der Waals surface area contributed by atoms with Crippen molar-refractivity contribution < 1.29 is 27.1 Å². The molecule has 84 valence electrons. The third-order valence-corrected chi connectivity index (χ3v) is 1.75. The number of furan rings is 1. The maximum absolute atomic E-state index is 11.8. The molecule has 15 heavy (non-hydrogen) atoms. The standard InChI is InChI=1S/C7H5BrF3NO3/c8-3-1-4(14-2-3)5(12)15-6(13)7(9,10)11/h1-2,5H,12H2. The van der Waals surface area contributed by atoms with Crippen molar-refractivity contribution in [1.29, 1.82) is 0 Å². The predicted molar refractivity (Wildman–Crippen MR) is 45.5 cm³/mol. The lowest BCUT2D eigenvalue weighted by Gasteiger charge is -2.11. The highest BCUT2D eigenvalue weighted by molar-refractivity contribution is 9.10. The van der Waals surface area contributed by atoms with E-state index in [1.54, 1.807) is 0 Å². The van der Waals surface area contributed by atoms with Crippen LogP contribution in [0.5, 0.6) is 0 Å². The summed E-state index contributed by atoms with van der Waals surface area (Å²) >= 11 is 2.99. The lowest BCUT2D eigenvalue weighted by atomic mass is 10.4. The van der Waals surface area contributed by atoms with Crippen molar-refractivity contribution in [2.75, 3.05) is 0 Å². The van der Waals surface area contributed by atoms with E-state index in [0.717, 1.165) is 0 Å². The van der Waals surface area contributed by atoms with Gasteiger partial charge in [-0.2, -0.15) is 13.2 Å². The molecule has 0 aliphatic rings. The van der Waals surface area contributed by atoms with E-state index in [2.05, 4.69) is 20.7 Å². The van der Waals surface area contributed by atoms with E-state index < -0.39 is 18.4 Å². The molecule has 0 aliphatic heterocycles. The Labute approximate surface area is 90.3 Å². The number of esters is 1. The van der Waals surface area contributed by atoms with Gasteiger partial charge in [-0.05, 0) is 22.0 Å². The first kappa shape index (κ1) is 12.1. The van der Waals surface area contributed by atoms with Gasteiger partial charge in [-0.15, -0.1) is 0 Å². The number of halogens is 4. The SMILES string of the molecule is NC(OC(=O)C(F)(F)F)c1cc(Br)co1. The Balaban J connectivity index is 2.64. The summed E-state index contributed by atoms with van der Waals surface area (Å²) in [6.07, 6.45) is -5.44. The number of carbonyl (C=O) groups is 1. The molecule has 2 N–H and O–H groups in total. The summed E-state index contributed by atoms with van der Waals surface area (Å²) in [6.45, 7) is 0. The molecule has 1 aromatic rings. The number of carbonyl (C=O) groups excluding carboxylic acids is 1. The molecule has 0 amide bonds. The quantitative estimate of drug-likeness (QED) is 0.668. The maximum atomic E-state index is 11.8. The number of ether oxygens (including phenoxy) is 1. The minimum atomic E-state index is -5.07. The fourth-order valence-electron chi connectivity index (χ4n) is 0.718. The van der Waals surface area contributed by atoms with Gasteiger partial charge >= 0.3 is 12.1 Å². The average Bonchev–Trinajstić information content (AvgIpc) is 2.50. The van der Waals surface area contributed by atoms with Crippen LogP contribution in [0.3, 0.4) is 0 Å². The largest absolute Gasteiger partial charge is 0.490 e. The second-order valence-corrected chi connectivity index (χ2v) is 3.41. The predicted octanol–water partition coefficient (Wildman–Crippen LogP) is 2.10. The molecule has 0 saturated heterocycles. The van der Waals surface area contributed by atoms with Crippen molar-refractivity contribution in [3.63, 3.8) is 0 Å². The molecule has 1 aromatic heterocycles. The Kier molecular flexibility index (Phi) is 3.40. The second kappa shape index (κ2) is 4.23. The molecule has 1 heterocycles. The zero-order valence-corrected chi connectivity index (χ0v) is 8.63. The molecular weight excluding hydrogens is 283 g/mol. The Bertz CT molecular complexity index is 363. The number of nitrogens with two attached hydrogens (primary N) is 1. The lowest BCUT2D eigenvalue weighted by molar-refractivity contribution is -0.205. The van der Waals surface area contributed by atoms with Crippen molar-refractivity contribution in [2.24, 2.45) is 5.73 Å². The smallest absolute Gasteiger partial charge is 0.463 e. The lowest BCUT2D eigenvalue weighted by Crippen LogP contribution is -2.29. The Morgan fingerprint density at radius 1 is 1.60 bits per heavy atom. The van der Waals surface area contributed by atoms with E-state index in [1.807, 2.05) is 0 Å². The van der Waals surface area contributed by atoms with Crippen LogP contribution in [0, 0.1) is 0 Å². The van der Waals surface area contributed by atoms with Gasteiger partial charge < -0.3 is 9.15 Å². The molecule has 0 bridgehead atoms. The third kappa shape index (κ3) is 3.24. The van der Waals surface area contributed by atoms with Gasteiger partial charge in [-0.1, -0.05) is 0 Å². The van der Waals surface area contributed by atoms with Gasteiger partial charge in [0.15, 0.2) is 5.76 Å². The van der Waals surface area contributed by atoms with E-state index in [9.17, 15) is 18.0 Å². The molecule has 0 spiro atoms. The highest BCUT2D eigenvalue weighted by atomic mass is 79.9. The summed E-state index contributed by atoms with van der Waals surface area (Å²) in [6, 6.07) is 1.30. The zero-order chi connectivity index (χ0) is 11.6. The molecule has 0 radical (unpaired) electrons. The highest BCUT2D eigenvalue weighted by Crippen LogP contribution is 2.23. The highest BCUT2D eigenvalue weighted by Gasteiger charge is 2.42. The summed E-state index contributed by atoms with van der Waals surface area (Å²) in [5.74, 6) is -2.44. The van der Waals surface area contributed by atoms with Crippen molar-refractivity contribution in [1.82, 2.24) is 0 Å². The Hall–Kier alpha value is -1.02.